The van der Waals surface area contributed by atoms with E-state index in [2.05, 4.69) is 73.7 Å². The number of piperazine rings is 1. The van der Waals surface area contributed by atoms with Gasteiger partial charge in [-0.2, -0.15) is 20.1 Å². The lowest BCUT2D eigenvalue weighted by Gasteiger charge is -2.37. The molecule has 0 spiro atoms. The Hall–Kier alpha value is -4.36. The van der Waals surface area contributed by atoms with Gasteiger partial charge in [0.15, 0.2) is 0 Å². The van der Waals surface area contributed by atoms with Gasteiger partial charge in [0.05, 0.1) is 35.8 Å². The fraction of sp³-hybridized carbons (Fsp3) is 0.371. The van der Waals surface area contributed by atoms with E-state index in [-0.39, 0.29) is 24.4 Å². The van der Waals surface area contributed by atoms with Crippen LogP contribution in [0.4, 0.5) is 17.1 Å². The van der Waals surface area contributed by atoms with Gasteiger partial charge < -0.3 is 24.6 Å². The molecule has 0 bridgehead atoms. The van der Waals surface area contributed by atoms with Crippen LogP contribution in [0.15, 0.2) is 90.2 Å². The van der Waals surface area contributed by atoms with Crippen LogP contribution >= 0.6 is 23.2 Å². The van der Waals surface area contributed by atoms with Gasteiger partial charge in [-0.25, -0.2) is 14.0 Å². The van der Waals surface area contributed by atoms with E-state index in [0.717, 1.165) is 49.7 Å². The van der Waals surface area contributed by atoms with Crippen molar-refractivity contribution in [2.75, 3.05) is 54.4 Å². The average molecular weight is 705 g/mol. The maximum absolute atomic E-state index is 12.8. The zero-order valence-electron chi connectivity index (χ0n) is 27.5. The third kappa shape index (κ3) is 7.04. The molecule has 2 aliphatic heterocycles. The van der Waals surface area contributed by atoms with Crippen LogP contribution in [-0.4, -0.2) is 74.8 Å². The third-order valence-electron chi connectivity index (χ3n) is 9.26. The summed E-state index contributed by atoms with van der Waals surface area (Å²) >= 11 is 12.8. The Morgan fingerprint density at radius 2 is 1.53 bits per heavy atom. The molecule has 0 aliphatic carbocycles. The molecular weight excluding hydrogens is 665 g/mol. The molecule has 3 atom stereocenters. The fourth-order valence-electron chi connectivity index (χ4n) is 6.32. The highest BCUT2D eigenvalue weighted by atomic mass is 35.5. The number of benzene rings is 3. The van der Waals surface area contributed by atoms with Gasteiger partial charge in [0.1, 0.15) is 19.0 Å². The van der Waals surface area contributed by atoms with Crippen molar-refractivity contribution in [1.29, 1.82) is 0 Å². The Bertz CT molecular complexity index is 1910. The van der Waals surface area contributed by atoms with E-state index in [4.69, 9.17) is 32.7 Å². The normalized spacial score (nSPS) is 20.1. The minimum Gasteiger partial charge on any atom is -0.382 e. The smallest absolute Gasteiger partial charge is 0.350 e. The molecule has 0 saturated carbocycles. The standard InChI is InChI=1S/C35H39Cl2N9O3/c1-3-25(2)46-34(47)44(24-41-46)30-11-9-29(10-12-30)43-18-16-42(17-19-43)28-7-5-27(6-8-28)38-21-31-22-48-35(49-31,23-45-39-14-15-40-45)32-13-4-26(36)20-33(32)37/h4-15,20,24-25,31,38H,3,16-19,21-23H2,1-2H3. The van der Waals surface area contributed by atoms with Crippen LogP contribution in [0.25, 0.3) is 5.69 Å². The molecule has 2 aromatic heterocycles. The van der Waals surface area contributed by atoms with E-state index < -0.39 is 5.79 Å². The predicted octanol–water partition coefficient (Wildman–Crippen LogP) is 5.61. The SMILES string of the molecule is CCC(C)n1ncn(-c2ccc(N3CCN(c4ccc(NCC5COC(Cn6nccn6)(c6ccc(Cl)cc6Cl)O5)cc4)CC3)cc2)c1=O. The second-order valence-electron chi connectivity index (χ2n) is 12.4. The topological polar surface area (TPSA) is 108 Å². The number of aromatic nitrogens is 6. The summed E-state index contributed by atoms with van der Waals surface area (Å²) in [5.74, 6) is -1.14. The number of hydrogen-bond acceptors (Lipinski definition) is 9. The maximum Gasteiger partial charge on any atom is 0.350 e. The van der Waals surface area contributed by atoms with E-state index in [1.165, 1.54) is 10.5 Å². The first-order chi connectivity index (χ1) is 23.8. The molecule has 2 saturated heterocycles. The third-order valence-corrected chi connectivity index (χ3v) is 9.81. The van der Waals surface area contributed by atoms with Crippen LogP contribution in [0.2, 0.25) is 10.0 Å². The molecule has 4 heterocycles. The van der Waals surface area contributed by atoms with E-state index in [1.807, 2.05) is 25.1 Å². The van der Waals surface area contributed by atoms with Gasteiger partial charge in [-0.3, -0.25) is 0 Å². The highest BCUT2D eigenvalue weighted by Crippen LogP contribution is 2.40. The highest BCUT2D eigenvalue weighted by molar-refractivity contribution is 6.35. The largest absolute Gasteiger partial charge is 0.382 e. The Morgan fingerprint density at radius 3 is 2.16 bits per heavy atom. The van der Waals surface area contributed by atoms with Gasteiger partial charge in [-0.15, -0.1) is 0 Å². The van der Waals surface area contributed by atoms with Gasteiger partial charge in [0, 0.05) is 60.4 Å². The average Bonchev–Trinajstić information content (AvgIpc) is 3.88. The van der Waals surface area contributed by atoms with Crippen molar-refractivity contribution in [2.45, 2.75) is 44.7 Å². The second-order valence-corrected chi connectivity index (χ2v) is 13.2. The van der Waals surface area contributed by atoms with Crippen LogP contribution in [0.5, 0.6) is 0 Å². The Labute approximate surface area is 294 Å². The Kier molecular flexibility index (Phi) is 9.64. The van der Waals surface area contributed by atoms with Crippen LogP contribution < -0.4 is 20.8 Å². The van der Waals surface area contributed by atoms with Crippen molar-refractivity contribution in [1.82, 2.24) is 29.3 Å². The van der Waals surface area contributed by atoms with Gasteiger partial charge in [0.2, 0.25) is 5.79 Å². The molecule has 1 N–H and O–H groups in total. The van der Waals surface area contributed by atoms with Gasteiger partial charge in [-0.05, 0) is 74.0 Å². The van der Waals surface area contributed by atoms with E-state index in [0.29, 0.717) is 28.8 Å². The van der Waals surface area contributed by atoms with Gasteiger partial charge >= 0.3 is 5.69 Å². The zero-order chi connectivity index (χ0) is 34.0. The molecule has 49 heavy (non-hydrogen) atoms. The molecule has 14 heteroatoms. The molecule has 7 rings (SSSR count). The predicted molar refractivity (Wildman–Crippen MR) is 191 cm³/mol. The van der Waals surface area contributed by atoms with Crippen molar-refractivity contribution in [3.8, 4) is 5.69 Å². The maximum atomic E-state index is 12.8. The summed E-state index contributed by atoms with van der Waals surface area (Å²) in [5, 5.41) is 17.3. The summed E-state index contributed by atoms with van der Waals surface area (Å²) in [6.07, 6.45) is 5.46. The number of nitrogens with one attached hydrogen (secondary N) is 1. The van der Waals surface area contributed by atoms with Crippen LogP contribution in [0, 0.1) is 0 Å². The van der Waals surface area contributed by atoms with Crippen molar-refractivity contribution in [3.63, 3.8) is 0 Å². The Morgan fingerprint density at radius 1 is 0.898 bits per heavy atom. The van der Waals surface area contributed by atoms with Crippen LogP contribution in [-0.2, 0) is 21.8 Å². The first-order valence-corrected chi connectivity index (χ1v) is 17.3. The van der Waals surface area contributed by atoms with Gasteiger partial charge in [0.25, 0.3) is 0 Å². The molecule has 2 fully saturated rings. The minimum absolute atomic E-state index is 0.0678. The van der Waals surface area contributed by atoms with E-state index in [9.17, 15) is 4.79 Å². The van der Waals surface area contributed by atoms with Crippen molar-refractivity contribution in [2.24, 2.45) is 0 Å². The molecule has 5 aromatic rings. The lowest BCUT2D eigenvalue weighted by atomic mass is 10.1. The number of ether oxygens (including phenoxy) is 2. The second kappa shape index (κ2) is 14.2. The first kappa shape index (κ1) is 33.2. The van der Waals surface area contributed by atoms with Gasteiger partial charge in [-0.1, -0.05) is 36.2 Å². The fourth-order valence-corrected chi connectivity index (χ4v) is 6.87. The number of halogens is 2. The quantitative estimate of drug-likeness (QED) is 0.188. The molecule has 12 nitrogen and oxygen atoms in total. The summed E-state index contributed by atoms with van der Waals surface area (Å²) in [5.41, 5.74) is 4.71. The molecular formula is C35H39Cl2N9O3. The molecule has 3 unspecified atom stereocenters. The summed E-state index contributed by atoms with van der Waals surface area (Å²) in [6, 6.07) is 22.0. The monoisotopic (exact) mass is 703 g/mol. The zero-order valence-corrected chi connectivity index (χ0v) is 29.0. The minimum atomic E-state index is -1.14. The summed E-state index contributed by atoms with van der Waals surface area (Å²) in [6.45, 7) is 8.84. The molecule has 2 aliphatic rings. The Balaban J connectivity index is 0.925. The number of anilines is 3. The number of nitrogens with zero attached hydrogens (tertiary/aromatic N) is 8. The van der Waals surface area contributed by atoms with Crippen LogP contribution in [0.3, 0.4) is 0 Å². The van der Waals surface area contributed by atoms with Crippen molar-refractivity contribution in [3.05, 3.63) is 112 Å². The summed E-state index contributed by atoms with van der Waals surface area (Å²) < 4.78 is 16.0. The molecule has 256 valence electrons. The lowest BCUT2D eigenvalue weighted by molar-refractivity contribution is -0.189. The summed E-state index contributed by atoms with van der Waals surface area (Å²) in [7, 11) is 0. The number of hydrogen-bond donors (Lipinski definition) is 1. The summed E-state index contributed by atoms with van der Waals surface area (Å²) in [4.78, 5) is 19.1. The molecule has 0 radical (unpaired) electrons. The number of rotatable bonds is 11. The highest BCUT2D eigenvalue weighted by Gasteiger charge is 2.45. The lowest BCUT2D eigenvalue weighted by Crippen LogP contribution is -2.46. The molecule has 0 amide bonds. The van der Waals surface area contributed by atoms with Crippen molar-refractivity contribution < 1.29 is 9.47 Å². The van der Waals surface area contributed by atoms with Crippen molar-refractivity contribution >= 4 is 40.3 Å². The van der Waals surface area contributed by atoms with Crippen LogP contribution in [0.1, 0.15) is 31.9 Å². The van der Waals surface area contributed by atoms with E-state index >= 15 is 0 Å². The van der Waals surface area contributed by atoms with E-state index in [1.54, 1.807) is 40.1 Å². The molecule has 3 aromatic carbocycles. The first-order valence-electron chi connectivity index (χ1n) is 16.5.